The summed E-state index contributed by atoms with van der Waals surface area (Å²) in [6.07, 6.45) is 0.710. The third kappa shape index (κ3) is 7.14. The van der Waals surface area contributed by atoms with Gasteiger partial charge in [-0.25, -0.2) is 4.79 Å². The standard InChI is InChI=1S/C17H33NO4/c1-12(2)17(13(19)20,10-9-15(3,4)5)11-18-14(21)22-16(6,7)8/h12H,9-11H2,1-8H3,(H,18,21)(H,19,20). The number of carbonyl (C=O) groups is 2. The van der Waals surface area contributed by atoms with Crippen LogP contribution in [-0.4, -0.2) is 29.3 Å². The minimum Gasteiger partial charge on any atom is -0.481 e. The van der Waals surface area contributed by atoms with Gasteiger partial charge >= 0.3 is 12.1 Å². The number of ether oxygens (including phenoxy) is 1. The zero-order valence-electron chi connectivity index (χ0n) is 15.4. The van der Waals surface area contributed by atoms with Crippen molar-refractivity contribution in [3.63, 3.8) is 0 Å². The maximum absolute atomic E-state index is 11.9. The van der Waals surface area contributed by atoms with E-state index in [1.54, 1.807) is 20.8 Å². The fourth-order valence-corrected chi connectivity index (χ4v) is 2.15. The second-order valence-corrected chi connectivity index (χ2v) is 8.53. The molecule has 0 aromatic rings. The molecule has 0 heterocycles. The lowest BCUT2D eigenvalue weighted by atomic mass is 9.70. The van der Waals surface area contributed by atoms with Gasteiger partial charge in [0.2, 0.25) is 0 Å². The van der Waals surface area contributed by atoms with Crippen molar-refractivity contribution in [3.05, 3.63) is 0 Å². The number of aliphatic carboxylic acids is 1. The molecule has 0 fully saturated rings. The lowest BCUT2D eigenvalue weighted by Crippen LogP contribution is -2.48. The molecular formula is C17H33NO4. The molecule has 0 saturated carbocycles. The van der Waals surface area contributed by atoms with E-state index in [1.807, 2.05) is 13.8 Å². The van der Waals surface area contributed by atoms with E-state index >= 15 is 0 Å². The molecule has 5 nitrogen and oxygen atoms in total. The van der Waals surface area contributed by atoms with Crippen LogP contribution in [0.2, 0.25) is 0 Å². The monoisotopic (exact) mass is 315 g/mol. The van der Waals surface area contributed by atoms with Gasteiger partial charge in [-0.1, -0.05) is 34.6 Å². The van der Waals surface area contributed by atoms with Gasteiger partial charge in [-0.3, -0.25) is 4.79 Å². The average molecular weight is 315 g/mol. The van der Waals surface area contributed by atoms with Gasteiger partial charge in [-0.2, -0.15) is 0 Å². The molecule has 0 rings (SSSR count). The number of hydrogen-bond donors (Lipinski definition) is 2. The Balaban J connectivity index is 5.02. The Kier molecular flexibility index (Phi) is 6.92. The predicted molar refractivity (Wildman–Crippen MR) is 87.8 cm³/mol. The van der Waals surface area contributed by atoms with Crippen molar-refractivity contribution >= 4 is 12.1 Å². The molecule has 1 amide bonds. The molecular weight excluding hydrogens is 282 g/mol. The van der Waals surface area contributed by atoms with Crippen molar-refractivity contribution in [3.8, 4) is 0 Å². The molecule has 5 heteroatoms. The fourth-order valence-electron chi connectivity index (χ4n) is 2.15. The summed E-state index contributed by atoms with van der Waals surface area (Å²) in [5.74, 6) is -0.968. The van der Waals surface area contributed by atoms with Crippen LogP contribution in [0.4, 0.5) is 4.79 Å². The molecule has 2 N–H and O–H groups in total. The third-order valence-electron chi connectivity index (χ3n) is 3.80. The van der Waals surface area contributed by atoms with Gasteiger partial charge in [0.25, 0.3) is 0 Å². The Morgan fingerprint density at radius 3 is 1.86 bits per heavy atom. The van der Waals surface area contributed by atoms with Crippen molar-refractivity contribution in [1.29, 1.82) is 0 Å². The summed E-state index contributed by atoms with van der Waals surface area (Å²) in [6.45, 7) is 15.4. The maximum atomic E-state index is 11.9. The number of nitrogens with one attached hydrogen (secondary N) is 1. The zero-order valence-corrected chi connectivity index (χ0v) is 15.4. The second-order valence-electron chi connectivity index (χ2n) is 8.53. The summed E-state index contributed by atoms with van der Waals surface area (Å²) in [5.41, 5.74) is -1.54. The highest BCUT2D eigenvalue weighted by molar-refractivity contribution is 5.76. The molecule has 0 bridgehead atoms. The zero-order chi connectivity index (χ0) is 17.8. The summed E-state index contributed by atoms with van der Waals surface area (Å²) in [5, 5.41) is 12.4. The van der Waals surface area contributed by atoms with Gasteiger partial charge in [0.05, 0.1) is 5.41 Å². The number of amides is 1. The van der Waals surface area contributed by atoms with Crippen molar-refractivity contribution in [2.75, 3.05) is 6.54 Å². The Morgan fingerprint density at radius 2 is 1.55 bits per heavy atom. The number of carbonyl (C=O) groups excluding carboxylic acids is 1. The number of carboxylic acid groups (broad SMARTS) is 1. The number of hydrogen-bond acceptors (Lipinski definition) is 3. The molecule has 0 aliphatic heterocycles. The highest BCUT2D eigenvalue weighted by atomic mass is 16.6. The van der Waals surface area contributed by atoms with Gasteiger partial charge in [0.1, 0.15) is 5.60 Å². The quantitative estimate of drug-likeness (QED) is 0.775. The van der Waals surface area contributed by atoms with Gasteiger partial charge in [0.15, 0.2) is 0 Å². The molecule has 1 atom stereocenters. The molecule has 0 aromatic heterocycles. The van der Waals surface area contributed by atoms with E-state index in [9.17, 15) is 14.7 Å². The lowest BCUT2D eigenvalue weighted by molar-refractivity contribution is -0.152. The predicted octanol–water partition coefficient (Wildman–Crippen LogP) is 4.06. The molecule has 0 saturated heterocycles. The first-order chi connectivity index (χ1) is 9.69. The first-order valence-corrected chi connectivity index (χ1v) is 7.90. The first-order valence-electron chi connectivity index (χ1n) is 7.90. The Labute approximate surface area is 134 Å². The molecule has 0 aliphatic carbocycles. The van der Waals surface area contributed by atoms with Gasteiger partial charge in [-0.15, -0.1) is 0 Å². The van der Waals surface area contributed by atoms with Crippen LogP contribution in [0.1, 0.15) is 68.2 Å². The second kappa shape index (κ2) is 7.34. The van der Waals surface area contributed by atoms with Crippen LogP contribution in [0.3, 0.4) is 0 Å². The van der Waals surface area contributed by atoms with E-state index in [2.05, 4.69) is 26.1 Å². The van der Waals surface area contributed by atoms with Crippen LogP contribution in [0, 0.1) is 16.7 Å². The van der Waals surface area contributed by atoms with Crippen molar-refractivity contribution in [1.82, 2.24) is 5.32 Å². The van der Waals surface area contributed by atoms with E-state index in [1.165, 1.54) is 0 Å². The Morgan fingerprint density at radius 1 is 1.05 bits per heavy atom. The van der Waals surface area contributed by atoms with Gasteiger partial charge < -0.3 is 15.2 Å². The largest absolute Gasteiger partial charge is 0.481 e. The van der Waals surface area contributed by atoms with Crippen molar-refractivity contribution in [2.45, 2.75) is 73.8 Å². The van der Waals surface area contributed by atoms with E-state index in [0.717, 1.165) is 6.42 Å². The fraction of sp³-hybridized carbons (Fsp3) is 0.882. The molecule has 22 heavy (non-hydrogen) atoms. The van der Waals surface area contributed by atoms with Crippen LogP contribution in [-0.2, 0) is 9.53 Å². The molecule has 0 spiro atoms. The first kappa shape index (κ1) is 20.7. The molecule has 130 valence electrons. The van der Waals surface area contributed by atoms with E-state index in [4.69, 9.17) is 4.74 Å². The van der Waals surface area contributed by atoms with Crippen molar-refractivity contribution < 1.29 is 19.4 Å². The smallest absolute Gasteiger partial charge is 0.407 e. The molecule has 0 aromatic carbocycles. The SMILES string of the molecule is CC(C)C(CCC(C)(C)C)(CNC(=O)OC(C)(C)C)C(=O)O. The lowest BCUT2D eigenvalue weighted by Gasteiger charge is -2.36. The van der Waals surface area contributed by atoms with E-state index in [0.29, 0.717) is 6.42 Å². The number of carboxylic acids is 1. The number of alkyl carbamates (subject to hydrolysis) is 1. The summed E-state index contributed by atoms with van der Waals surface area (Å²) >= 11 is 0. The van der Waals surface area contributed by atoms with Crippen LogP contribution in [0.25, 0.3) is 0 Å². The van der Waals surface area contributed by atoms with Crippen molar-refractivity contribution in [2.24, 2.45) is 16.7 Å². The average Bonchev–Trinajstić information content (AvgIpc) is 2.24. The van der Waals surface area contributed by atoms with E-state index in [-0.39, 0.29) is 17.9 Å². The minimum atomic E-state index is -0.982. The van der Waals surface area contributed by atoms with Crippen LogP contribution >= 0.6 is 0 Å². The highest BCUT2D eigenvalue weighted by Crippen LogP contribution is 2.37. The molecule has 0 aliphatic rings. The highest BCUT2D eigenvalue weighted by Gasteiger charge is 2.42. The van der Waals surface area contributed by atoms with Gasteiger partial charge in [0, 0.05) is 6.54 Å². The third-order valence-corrected chi connectivity index (χ3v) is 3.80. The summed E-state index contributed by atoms with van der Waals surface area (Å²) in [4.78, 5) is 23.7. The summed E-state index contributed by atoms with van der Waals surface area (Å²) < 4.78 is 5.20. The molecule has 1 unspecified atom stereocenters. The van der Waals surface area contributed by atoms with Gasteiger partial charge in [-0.05, 0) is 44.9 Å². The maximum Gasteiger partial charge on any atom is 0.407 e. The Bertz CT molecular complexity index is 390. The van der Waals surface area contributed by atoms with Crippen LogP contribution in [0.15, 0.2) is 0 Å². The summed E-state index contributed by atoms with van der Waals surface area (Å²) in [7, 11) is 0. The summed E-state index contributed by atoms with van der Waals surface area (Å²) in [6, 6.07) is 0. The normalized spacial score (nSPS) is 15.3. The van der Waals surface area contributed by atoms with E-state index < -0.39 is 23.1 Å². The van der Waals surface area contributed by atoms with Crippen LogP contribution in [0.5, 0.6) is 0 Å². The number of rotatable bonds is 6. The van der Waals surface area contributed by atoms with Crippen LogP contribution < -0.4 is 5.32 Å². The topological polar surface area (TPSA) is 75.6 Å². The Hall–Kier alpha value is -1.26. The minimum absolute atomic E-state index is 0.0432. The molecule has 0 radical (unpaired) electrons.